The van der Waals surface area contributed by atoms with Crippen LogP contribution in [0.15, 0.2) is 0 Å². The first-order valence-electron chi connectivity index (χ1n) is 5.83. The van der Waals surface area contributed by atoms with Gasteiger partial charge in [0.05, 0.1) is 11.8 Å². The van der Waals surface area contributed by atoms with Gasteiger partial charge in [0, 0.05) is 6.54 Å². The quantitative estimate of drug-likeness (QED) is 0.593. The Bertz CT molecular complexity index is 479. The van der Waals surface area contributed by atoms with Gasteiger partial charge in [-0.05, 0) is 26.8 Å². The molecule has 18 heavy (non-hydrogen) atoms. The molecule has 2 aliphatic rings. The third kappa shape index (κ3) is 2.04. The van der Waals surface area contributed by atoms with Crippen molar-refractivity contribution in [2.24, 2.45) is 0 Å². The molecule has 0 aromatic rings. The Kier molecular flexibility index (Phi) is 3.20. The Morgan fingerprint density at radius 2 is 2.00 bits per heavy atom. The first kappa shape index (κ1) is 13.4. The highest BCUT2D eigenvalue weighted by Gasteiger charge is 2.49. The molecule has 1 unspecified atom stereocenters. The first-order chi connectivity index (χ1) is 8.26. The zero-order valence-corrected chi connectivity index (χ0v) is 11.2. The van der Waals surface area contributed by atoms with Crippen LogP contribution < -0.4 is 10.6 Å². The number of sulfonamides is 1. The van der Waals surface area contributed by atoms with Gasteiger partial charge in [-0.2, -0.15) is 4.31 Å². The third-order valence-corrected chi connectivity index (χ3v) is 5.91. The summed E-state index contributed by atoms with van der Waals surface area (Å²) < 4.78 is 25.9. The molecule has 2 N–H and O–H groups in total. The topological polar surface area (TPSA) is 95.6 Å². The molecule has 0 radical (unpaired) electrons. The molecular formula is C10H17N3O4S. The van der Waals surface area contributed by atoms with E-state index >= 15 is 0 Å². The Labute approximate surface area is 106 Å². The van der Waals surface area contributed by atoms with Crippen molar-refractivity contribution >= 4 is 21.8 Å². The van der Waals surface area contributed by atoms with Crippen molar-refractivity contribution in [2.45, 2.75) is 31.1 Å². The van der Waals surface area contributed by atoms with Crippen molar-refractivity contribution < 1.29 is 18.0 Å². The van der Waals surface area contributed by atoms with Crippen molar-refractivity contribution in [1.82, 2.24) is 14.9 Å². The summed E-state index contributed by atoms with van der Waals surface area (Å²) in [6.07, 6.45) is 0.505. The van der Waals surface area contributed by atoms with Gasteiger partial charge in [0.15, 0.2) is 0 Å². The number of piperazine rings is 1. The first-order valence-corrected chi connectivity index (χ1v) is 7.33. The van der Waals surface area contributed by atoms with E-state index in [-0.39, 0.29) is 6.54 Å². The summed E-state index contributed by atoms with van der Waals surface area (Å²) in [4.78, 5) is 23.1. The van der Waals surface area contributed by atoms with Crippen LogP contribution in [0, 0.1) is 0 Å². The molecule has 2 rings (SSSR count). The van der Waals surface area contributed by atoms with E-state index in [1.54, 1.807) is 0 Å². The van der Waals surface area contributed by atoms with Gasteiger partial charge in [-0.15, -0.1) is 0 Å². The molecular weight excluding hydrogens is 258 g/mol. The van der Waals surface area contributed by atoms with Crippen LogP contribution in [-0.4, -0.2) is 55.0 Å². The maximum Gasteiger partial charge on any atom is 0.247 e. The predicted octanol–water partition coefficient (Wildman–Crippen LogP) is -1.58. The summed E-state index contributed by atoms with van der Waals surface area (Å²) in [5, 5.41) is 4.58. The standard InChI is InChI=1S/C10H17N3O4S/c1-10(2)9(15)12-8(14)6-13(10)18(16,17)7-3-4-11-5-7/h7,11H,3-6H2,1-2H3,(H,12,14,15). The molecule has 2 heterocycles. The number of imide groups is 1. The van der Waals surface area contributed by atoms with Crippen molar-refractivity contribution in [2.75, 3.05) is 19.6 Å². The van der Waals surface area contributed by atoms with Crippen molar-refractivity contribution in [3.8, 4) is 0 Å². The van der Waals surface area contributed by atoms with Gasteiger partial charge in [-0.1, -0.05) is 0 Å². The molecule has 7 nitrogen and oxygen atoms in total. The summed E-state index contributed by atoms with van der Waals surface area (Å²) in [5.74, 6) is -1.15. The fourth-order valence-electron chi connectivity index (χ4n) is 2.23. The molecule has 0 aliphatic carbocycles. The summed E-state index contributed by atoms with van der Waals surface area (Å²) in [7, 11) is -3.65. The zero-order valence-electron chi connectivity index (χ0n) is 10.4. The van der Waals surface area contributed by atoms with E-state index in [4.69, 9.17) is 0 Å². The Morgan fingerprint density at radius 3 is 2.56 bits per heavy atom. The van der Waals surface area contributed by atoms with E-state index < -0.39 is 32.6 Å². The Balaban J connectivity index is 2.35. The number of nitrogens with one attached hydrogen (secondary N) is 2. The van der Waals surface area contributed by atoms with Crippen molar-refractivity contribution in [1.29, 1.82) is 0 Å². The highest BCUT2D eigenvalue weighted by Crippen LogP contribution is 2.26. The molecule has 2 amide bonds. The molecule has 2 saturated heterocycles. The lowest BCUT2D eigenvalue weighted by molar-refractivity contribution is -0.141. The number of hydrogen-bond donors (Lipinski definition) is 2. The van der Waals surface area contributed by atoms with Crippen molar-refractivity contribution in [3.63, 3.8) is 0 Å². The lowest BCUT2D eigenvalue weighted by Gasteiger charge is -2.40. The van der Waals surface area contributed by atoms with Crippen LogP contribution in [0.1, 0.15) is 20.3 Å². The van der Waals surface area contributed by atoms with Gasteiger partial charge in [-0.3, -0.25) is 14.9 Å². The SMILES string of the molecule is CC1(C)C(=O)NC(=O)CN1S(=O)(=O)C1CCNC1. The number of rotatable bonds is 2. The average Bonchev–Trinajstić information content (AvgIpc) is 2.77. The van der Waals surface area contributed by atoms with Gasteiger partial charge < -0.3 is 5.32 Å². The van der Waals surface area contributed by atoms with Gasteiger partial charge in [0.25, 0.3) is 0 Å². The van der Waals surface area contributed by atoms with Crippen LogP contribution in [0.25, 0.3) is 0 Å². The van der Waals surface area contributed by atoms with E-state index in [1.807, 2.05) is 0 Å². The second-order valence-corrected chi connectivity index (χ2v) is 7.24. The molecule has 0 bridgehead atoms. The molecule has 0 saturated carbocycles. The molecule has 1 atom stereocenters. The highest BCUT2D eigenvalue weighted by molar-refractivity contribution is 7.89. The van der Waals surface area contributed by atoms with Crippen LogP contribution in [-0.2, 0) is 19.6 Å². The smallest absolute Gasteiger partial charge is 0.247 e. The summed E-state index contributed by atoms with van der Waals surface area (Å²) in [6, 6.07) is 0. The van der Waals surface area contributed by atoms with Crippen LogP contribution >= 0.6 is 0 Å². The highest BCUT2D eigenvalue weighted by atomic mass is 32.2. The van der Waals surface area contributed by atoms with Crippen LogP contribution in [0.4, 0.5) is 0 Å². The zero-order chi connectivity index (χ0) is 13.6. The fraction of sp³-hybridized carbons (Fsp3) is 0.800. The number of amides is 2. The minimum atomic E-state index is -3.65. The largest absolute Gasteiger partial charge is 0.315 e. The Hall–Kier alpha value is -0.990. The van der Waals surface area contributed by atoms with Gasteiger partial charge in [0.2, 0.25) is 21.8 Å². The maximum atomic E-state index is 12.4. The van der Waals surface area contributed by atoms with Gasteiger partial charge in [0.1, 0.15) is 5.54 Å². The molecule has 2 fully saturated rings. The van der Waals surface area contributed by atoms with Crippen LogP contribution in [0.5, 0.6) is 0 Å². The molecule has 0 spiro atoms. The lowest BCUT2D eigenvalue weighted by atomic mass is 10.0. The second-order valence-electron chi connectivity index (χ2n) is 5.10. The number of nitrogens with zero attached hydrogens (tertiary/aromatic N) is 1. The second kappa shape index (κ2) is 4.29. The minimum absolute atomic E-state index is 0.294. The molecule has 0 aromatic carbocycles. The summed E-state index contributed by atoms with van der Waals surface area (Å²) >= 11 is 0. The Morgan fingerprint density at radius 1 is 1.33 bits per heavy atom. The van der Waals surface area contributed by atoms with E-state index in [9.17, 15) is 18.0 Å². The normalized spacial score (nSPS) is 29.3. The summed E-state index contributed by atoms with van der Waals surface area (Å²) in [5.41, 5.74) is -1.23. The number of hydrogen-bond acceptors (Lipinski definition) is 5. The lowest BCUT2D eigenvalue weighted by Crippen LogP contribution is -2.66. The molecule has 102 valence electrons. The van der Waals surface area contributed by atoms with E-state index in [2.05, 4.69) is 10.6 Å². The number of carbonyl (C=O) groups excluding carboxylic acids is 2. The van der Waals surface area contributed by atoms with E-state index in [1.165, 1.54) is 13.8 Å². The monoisotopic (exact) mass is 275 g/mol. The maximum absolute atomic E-state index is 12.4. The fourth-order valence-corrected chi connectivity index (χ4v) is 4.35. The molecule has 8 heteroatoms. The van der Waals surface area contributed by atoms with E-state index in [0.29, 0.717) is 19.5 Å². The van der Waals surface area contributed by atoms with E-state index in [0.717, 1.165) is 4.31 Å². The van der Waals surface area contributed by atoms with Crippen molar-refractivity contribution in [3.05, 3.63) is 0 Å². The molecule has 2 aliphatic heterocycles. The minimum Gasteiger partial charge on any atom is -0.315 e. The average molecular weight is 275 g/mol. The van der Waals surface area contributed by atoms with Gasteiger partial charge >= 0.3 is 0 Å². The van der Waals surface area contributed by atoms with Crippen LogP contribution in [0.3, 0.4) is 0 Å². The number of carbonyl (C=O) groups is 2. The molecule has 0 aromatic heterocycles. The summed E-state index contributed by atoms with van der Waals surface area (Å²) in [6.45, 7) is 3.73. The van der Waals surface area contributed by atoms with Gasteiger partial charge in [-0.25, -0.2) is 8.42 Å². The third-order valence-electron chi connectivity index (χ3n) is 3.46. The van der Waals surface area contributed by atoms with Crippen LogP contribution in [0.2, 0.25) is 0 Å². The predicted molar refractivity (Wildman–Crippen MR) is 64.1 cm³/mol.